The van der Waals surface area contributed by atoms with E-state index in [2.05, 4.69) is 15.0 Å². The van der Waals surface area contributed by atoms with Gasteiger partial charge in [0, 0.05) is 16.0 Å². The molecule has 0 aliphatic heterocycles. The molecule has 0 atom stereocenters. The van der Waals surface area contributed by atoms with Crippen molar-refractivity contribution in [3.05, 3.63) is 63.5 Å². The Balaban J connectivity index is 1.90. The summed E-state index contributed by atoms with van der Waals surface area (Å²) < 4.78 is 59.8. The summed E-state index contributed by atoms with van der Waals surface area (Å²) in [4.78, 5) is 16.2. The Hall–Kier alpha value is -2.65. The largest absolute Gasteiger partial charge is 0.491 e. The minimum absolute atomic E-state index is 0.0135. The highest BCUT2D eigenvalue weighted by Crippen LogP contribution is 2.31. The van der Waals surface area contributed by atoms with E-state index in [0.717, 1.165) is 18.4 Å². The number of anilines is 1. The average molecular weight is 417 g/mol. The molecule has 1 N–H and O–H groups in total. The van der Waals surface area contributed by atoms with E-state index in [1.807, 2.05) is 0 Å². The van der Waals surface area contributed by atoms with E-state index >= 15 is 0 Å². The fourth-order valence-electron chi connectivity index (χ4n) is 2.23. The van der Waals surface area contributed by atoms with Gasteiger partial charge >= 0.3 is 0 Å². The first-order valence-corrected chi connectivity index (χ1v) is 8.52. The van der Waals surface area contributed by atoms with E-state index in [-0.39, 0.29) is 5.13 Å². The van der Waals surface area contributed by atoms with E-state index in [0.29, 0.717) is 16.3 Å². The molecule has 10 heteroatoms. The van der Waals surface area contributed by atoms with E-state index in [1.165, 1.54) is 0 Å². The van der Waals surface area contributed by atoms with Crippen LogP contribution in [-0.4, -0.2) is 18.0 Å². The van der Waals surface area contributed by atoms with Crippen LogP contribution in [0.3, 0.4) is 0 Å². The molecule has 0 aliphatic rings. The summed E-state index contributed by atoms with van der Waals surface area (Å²) in [6.45, 7) is 0. The summed E-state index contributed by atoms with van der Waals surface area (Å²) >= 11 is 6.77. The molecule has 0 aliphatic carbocycles. The van der Waals surface area contributed by atoms with Crippen LogP contribution in [0, 0.1) is 23.3 Å². The predicted octanol–water partition coefficient (Wildman–Crippen LogP) is 5.28. The zero-order valence-electron chi connectivity index (χ0n) is 13.4. The Morgan fingerprint density at radius 1 is 1.07 bits per heavy atom. The second kappa shape index (κ2) is 7.53. The van der Waals surface area contributed by atoms with Crippen LogP contribution in [-0.2, 0) is 0 Å². The molecule has 0 bridgehead atoms. The van der Waals surface area contributed by atoms with Crippen LogP contribution in [0.25, 0.3) is 11.3 Å². The fraction of sp³-hybridized carbons (Fsp3) is 0.0588. The number of carbonyl (C=O) groups is 1. The lowest BCUT2D eigenvalue weighted by Gasteiger charge is -2.10. The van der Waals surface area contributed by atoms with Gasteiger partial charge in [0.15, 0.2) is 22.5 Å². The molecule has 0 saturated heterocycles. The van der Waals surface area contributed by atoms with Crippen molar-refractivity contribution in [2.45, 2.75) is 0 Å². The molecule has 0 radical (unpaired) electrons. The Labute approximate surface area is 159 Å². The molecule has 0 unspecified atom stereocenters. The van der Waals surface area contributed by atoms with Gasteiger partial charge in [-0.05, 0) is 12.1 Å². The lowest BCUT2D eigenvalue weighted by atomic mass is 10.1. The second-order valence-electron chi connectivity index (χ2n) is 5.16. The van der Waals surface area contributed by atoms with Crippen molar-refractivity contribution >= 4 is 34.0 Å². The van der Waals surface area contributed by atoms with Crippen LogP contribution in [0.15, 0.2) is 29.6 Å². The van der Waals surface area contributed by atoms with Gasteiger partial charge in [-0.1, -0.05) is 23.7 Å². The summed E-state index contributed by atoms with van der Waals surface area (Å²) in [5.74, 6) is -9.97. The van der Waals surface area contributed by atoms with Gasteiger partial charge in [-0.2, -0.15) is 8.78 Å². The molecule has 0 spiro atoms. The molecule has 4 nitrogen and oxygen atoms in total. The van der Waals surface area contributed by atoms with Crippen LogP contribution >= 0.6 is 22.9 Å². The van der Waals surface area contributed by atoms with Crippen molar-refractivity contribution in [2.24, 2.45) is 0 Å². The monoisotopic (exact) mass is 416 g/mol. The summed E-state index contributed by atoms with van der Waals surface area (Å²) in [7, 11) is 0.841. The fourth-order valence-corrected chi connectivity index (χ4v) is 3.07. The molecule has 1 amide bonds. The van der Waals surface area contributed by atoms with Crippen molar-refractivity contribution in [3.8, 4) is 17.0 Å². The minimum atomic E-state index is -1.86. The van der Waals surface area contributed by atoms with E-state index in [4.69, 9.17) is 11.6 Å². The van der Waals surface area contributed by atoms with Gasteiger partial charge in [-0.15, -0.1) is 11.3 Å². The third kappa shape index (κ3) is 3.60. The number of hydrogen-bond donors (Lipinski definition) is 1. The van der Waals surface area contributed by atoms with Crippen molar-refractivity contribution < 1.29 is 27.1 Å². The number of benzene rings is 2. The van der Waals surface area contributed by atoms with Crippen LogP contribution < -0.4 is 10.1 Å². The molecular formula is C17H9ClF4N2O2S. The predicted molar refractivity (Wildman–Crippen MR) is 93.3 cm³/mol. The Morgan fingerprint density at radius 3 is 2.22 bits per heavy atom. The quantitative estimate of drug-likeness (QED) is 0.465. The highest BCUT2D eigenvalue weighted by Gasteiger charge is 2.30. The molecule has 1 aromatic heterocycles. The molecule has 140 valence electrons. The minimum Gasteiger partial charge on any atom is -0.491 e. The molecule has 1 heterocycles. The summed E-state index contributed by atoms with van der Waals surface area (Å²) in [5, 5.41) is 4.22. The summed E-state index contributed by atoms with van der Waals surface area (Å²) in [6.07, 6.45) is 0. The Morgan fingerprint density at radius 2 is 1.67 bits per heavy atom. The smallest absolute Gasteiger partial charge is 0.263 e. The number of amides is 1. The molecule has 0 fully saturated rings. The number of nitrogens with one attached hydrogen (secondary N) is 1. The van der Waals surface area contributed by atoms with Crippen molar-refractivity contribution in [3.63, 3.8) is 0 Å². The number of halogens is 5. The molecule has 3 rings (SSSR count). The maximum Gasteiger partial charge on any atom is 0.263 e. The van der Waals surface area contributed by atoms with Gasteiger partial charge in [0.1, 0.15) is 5.56 Å². The van der Waals surface area contributed by atoms with E-state index < -0.39 is 40.5 Å². The molecular weight excluding hydrogens is 408 g/mol. The number of hydrogen-bond acceptors (Lipinski definition) is 4. The first-order valence-electron chi connectivity index (χ1n) is 7.26. The van der Waals surface area contributed by atoms with Gasteiger partial charge in [-0.3, -0.25) is 10.1 Å². The normalized spacial score (nSPS) is 10.7. The lowest BCUT2D eigenvalue weighted by Crippen LogP contribution is -2.18. The SMILES string of the molecule is COc1c(F)c(F)c(C(=O)Nc2nc(-c3ccc(Cl)cc3)cs2)c(F)c1F. The molecule has 3 aromatic rings. The standard InChI is InChI=1S/C17H9ClF4N2O2S/c1-26-15-13(21)11(19)10(12(20)14(15)22)16(25)24-17-23-9(6-27-17)7-2-4-8(18)5-3-7/h2-6H,1H3,(H,23,24,25). The number of nitrogens with zero attached hydrogens (tertiary/aromatic N) is 1. The van der Waals surface area contributed by atoms with Gasteiger partial charge in [-0.25, -0.2) is 13.8 Å². The number of carbonyl (C=O) groups excluding carboxylic acids is 1. The van der Waals surface area contributed by atoms with Crippen LogP contribution in [0.1, 0.15) is 10.4 Å². The Bertz CT molecular complexity index is 996. The van der Waals surface area contributed by atoms with Gasteiger partial charge in [0.2, 0.25) is 11.6 Å². The second-order valence-corrected chi connectivity index (χ2v) is 6.46. The van der Waals surface area contributed by atoms with Gasteiger partial charge < -0.3 is 4.74 Å². The number of aromatic nitrogens is 1. The van der Waals surface area contributed by atoms with E-state index in [9.17, 15) is 22.4 Å². The molecule has 2 aromatic carbocycles. The van der Waals surface area contributed by atoms with Crippen molar-refractivity contribution in [2.75, 3.05) is 12.4 Å². The van der Waals surface area contributed by atoms with Crippen LogP contribution in [0.5, 0.6) is 5.75 Å². The van der Waals surface area contributed by atoms with Crippen LogP contribution in [0.2, 0.25) is 5.02 Å². The van der Waals surface area contributed by atoms with E-state index in [1.54, 1.807) is 29.6 Å². The average Bonchev–Trinajstić information content (AvgIpc) is 3.10. The first-order chi connectivity index (χ1) is 12.8. The van der Waals surface area contributed by atoms with Crippen molar-refractivity contribution in [1.29, 1.82) is 0 Å². The van der Waals surface area contributed by atoms with Crippen molar-refractivity contribution in [1.82, 2.24) is 4.98 Å². The topological polar surface area (TPSA) is 51.2 Å². The summed E-state index contributed by atoms with van der Waals surface area (Å²) in [6, 6.07) is 6.66. The molecule has 27 heavy (non-hydrogen) atoms. The van der Waals surface area contributed by atoms with Gasteiger partial charge in [0.05, 0.1) is 12.8 Å². The maximum atomic E-state index is 14.0. The van der Waals surface area contributed by atoms with Crippen LogP contribution in [0.4, 0.5) is 22.7 Å². The maximum absolute atomic E-state index is 14.0. The Kier molecular flexibility index (Phi) is 5.33. The van der Waals surface area contributed by atoms with Gasteiger partial charge in [0.25, 0.3) is 5.91 Å². The summed E-state index contributed by atoms with van der Waals surface area (Å²) in [5.41, 5.74) is -0.246. The third-order valence-corrected chi connectivity index (χ3v) is 4.53. The highest BCUT2D eigenvalue weighted by atomic mass is 35.5. The lowest BCUT2D eigenvalue weighted by molar-refractivity contribution is 0.101. The highest BCUT2D eigenvalue weighted by molar-refractivity contribution is 7.14. The number of ether oxygens (including phenoxy) is 1. The zero-order valence-corrected chi connectivity index (χ0v) is 15.0. The zero-order chi connectivity index (χ0) is 19.7. The number of rotatable bonds is 4. The first kappa shape index (κ1) is 19.1. The number of thiazole rings is 1. The molecule has 0 saturated carbocycles. The number of methoxy groups -OCH3 is 1. The third-order valence-electron chi connectivity index (χ3n) is 3.52.